The molecule has 0 bridgehead atoms. The van der Waals surface area contributed by atoms with E-state index in [0.717, 1.165) is 12.8 Å². The van der Waals surface area contributed by atoms with Crippen LogP contribution in [0.4, 0.5) is 0 Å². The number of allylic oxidation sites excluding steroid dienone is 4. The average molecular weight is 210 g/mol. The number of hydrogen-bond donors (Lipinski definition) is 0. The van der Waals surface area contributed by atoms with Crippen LogP contribution in [0.5, 0.6) is 0 Å². The van der Waals surface area contributed by atoms with E-state index < -0.39 is 0 Å². The molecular formula is C13H22O2. The molecular weight excluding hydrogens is 188 g/mol. The highest BCUT2D eigenvalue weighted by atomic mass is 16.5. The van der Waals surface area contributed by atoms with Crippen LogP contribution in [0.1, 0.15) is 40.5 Å². The van der Waals surface area contributed by atoms with E-state index in [9.17, 15) is 4.79 Å². The first kappa shape index (κ1) is 13.9. The fourth-order valence-corrected chi connectivity index (χ4v) is 1.23. The van der Waals surface area contributed by atoms with Gasteiger partial charge in [-0.3, -0.25) is 4.79 Å². The zero-order valence-corrected chi connectivity index (χ0v) is 10.2. The molecule has 0 saturated heterocycles. The lowest BCUT2D eigenvalue weighted by Crippen LogP contribution is -2.16. The zero-order chi connectivity index (χ0) is 11.7. The molecule has 0 N–H and O–H groups in total. The van der Waals surface area contributed by atoms with E-state index in [1.165, 1.54) is 5.57 Å². The van der Waals surface area contributed by atoms with Crippen molar-refractivity contribution in [2.24, 2.45) is 5.92 Å². The van der Waals surface area contributed by atoms with Gasteiger partial charge < -0.3 is 4.74 Å². The summed E-state index contributed by atoms with van der Waals surface area (Å²) in [5.74, 6) is -0.121. The molecule has 0 radical (unpaired) electrons. The van der Waals surface area contributed by atoms with Crippen molar-refractivity contribution in [3.8, 4) is 0 Å². The number of ether oxygens (including phenoxy) is 1. The molecule has 0 aromatic heterocycles. The van der Waals surface area contributed by atoms with Gasteiger partial charge in [0.1, 0.15) is 0 Å². The third-order valence-electron chi connectivity index (χ3n) is 2.09. The smallest absolute Gasteiger partial charge is 0.309 e. The van der Waals surface area contributed by atoms with Crippen LogP contribution < -0.4 is 0 Å². The Kier molecular flexibility index (Phi) is 7.69. The standard InChI is InChI=1S/C13H22O2/c1-5-7-8-12(10-9-11(3)4)13(14)15-6-2/h5,7,9,12H,6,8,10H2,1-4H3. The van der Waals surface area contributed by atoms with E-state index >= 15 is 0 Å². The monoisotopic (exact) mass is 210 g/mol. The number of hydrogen-bond acceptors (Lipinski definition) is 2. The molecule has 0 fully saturated rings. The maximum Gasteiger partial charge on any atom is 0.309 e. The summed E-state index contributed by atoms with van der Waals surface area (Å²) in [6, 6.07) is 0. The van der Waals surface area contributed by atoms with Gasteiger partial charge in [-0.2, -0.15) is 0 Å². The van der Waals surface area contributed by atoms with Gasteiger partial charge in [0.25, 0.3) is 0 Å². The summed E-state index contributed by atoms with van der Waals surface area (Å²) in [4.78, 5) is 11.6. The molecule has 0 saturated carbocycles. The molecule has 0 amide bonds. The van der Waals surface area contributed by atoms with Crippen molar-refractivity contribution >= 4 is 5.97 Å². The van der Waals surface area contributed by atoms with Gasteiger partial charge in [0.2, 0.25) is 0 Å². The van der Waals surface area contributed by atoms with Gasteiger partial charge >= 0.3 is 5.97 Å². The Hall–Kier alpha value is -1.05. The van der Waals surface area contributed by atoms with E-state index in [1.54, 1.807) is 0 Å². The Labute approximate surface area is 93.0 Å². The van der Waals surface area contributed by atoms with Crippen molar-refractivity contribution in [1.82, 2.24) is 0 Å². The Morgan fingerprint density at radius 3 is 2.47 bits per heavy atom. The van der Waals surface area contributed by atoms with E-state index in [-0.39, 0.29) is 11.9 Å². The largest absolute Gasteiger partial charge is 0.466 e. The topological polar surface area (TPSA) is 26.3 Å². The molecule has 0 aromatic rings. The second-order valence-corrected chi connectivity index (χ2v) is 3.77. The SMILES string of the molecule is CC=CCC(CC=C(C)C)C(=O)OCC. The van der Waals surface area contributed by atoms with Gasteiger partial charge in [0.05, 0.1) is 12.5 Å². The first-order valence-corrected chi connectivity index (χ1v) is 5.53. The van der Waals surface area contributed by atoms with Gasteiger partial charge in [0, 0.05) is 0 Å². The quantitative estimate of drug-likeness (QED) is 0.495. The van der Waals surface area contributed by atoms with Crippen molar-refractivity contribution in [3.05, 3.63) is 23.8 Å². The molecule has 1 atom stereocenters. The fraction of sp³-hybridized carbons (Fsp3) is 0.615. The highest BCUT2D eigenvalue weighted by Crippen LogP contribution is 2.14. The van der Waals surface area contributed by atoms with Gasteiger partial charge in [-0.1, -0.05) is 23.8 Å². The Morgan fingerprint density at radius 2 is 2.00 bits per heavy atom. The molecule has 0 heterocycles. The Morgan fingerprint density at radius 1 is 1.33 bits per heavy atom. The maximum atomic E-state index is 11.6. The highest BCUT2D eigenvalue weighted by molar-refractivity contribution is 5.72. The predicted molar refractivity (Wildman–Crippen MR) is 63.6 cm³/mol. The molecule has 0 aromatic carbocycles. The van der Waals surface area contributed by atoms with Crippen LogP contribution in [0.25, 0.3) is 0 Å². The fourth-order valence-electron chi connectivity index (χ4n) is 1.23. The summed E-state index contributed by atoms with van der Waals surface area (Å²) in [7, 11) is 0. The number of carbonyl (C=O) groups is 1. The first-order chi connectivity index (χ1) is 7.11. The van der Waals surface area contributed by atoms with E-state index in [4.69, 9.17) is 4.74 Å². The van der Waals surface area contributed by atoms with E-state index in [0.29, 0.717) is 6.61 Å². The average Bonchev–Trinajstić information content (AvgIpc) is 2.17. The molecule has 86 valence electrons. The Balaban J connectivity index is 4.29. The van der Waals surface area contributed by atoms with Crippen molar-refractivity contribution in [2.75, 3.05) is 6.61 Å². The molecule has 0 spiro atoms. The lowest BCUT2D eigenvalue weighted by molar-refractivity contribution is -0.147. The van der Waals surface area contributed by atoms with Crippen LogP contribution in [0, 0.1) is 5.92 Å². The number of esters is 1. The summed E-state index contributed by atoms with van der Waals surface area (Å²) in [5, 5.41) is 0. The summed E-state index contributed by atoms with van der Waals surface area (Å²) in [6.07, 6.45) is 7.60. The van der Waals surface area contributed by atoms with E-state index in [1.807, 2.05) is 39.8 Å². The summed E-state index contributed by atoms with van der Waals surface area (Å²) < 4.78 is 5.03. The molecule has 2 heteroatoms. The minimum atomic E-state index is -0.0897. The second-order valence-electron chi connectivity index (χ2n) is 3.77. The molecule has 0 aliphatic heterocycles. The molecule has 15 heavy (non-hydrogen) atoms. The van der Waals surface area contributed by atoms with Crippen LogP contribution >= 0.6 is 0 Å². The molecule has 1 unspecified atom stereocenters. The maximum absolute atomic E-state index is 11.6. The van der Waals surface area contributed by atoms with Crippen molar-refractivity contribution in [1.29, 1.82) is 0 Å². The molecule has 0 rings (SSSR count). The summed E-state index contributed by atoms with van der Waals surface area (Å²) in [5.41, 5.74) is 1.24. The van der Waals surface area contributed by atoms with Crippen molar-refractivity contribution in [3.63, 3.8) is 0 Å². The third kappa shape index (κ3) is 6.95. The van der Waals surface area contributed by atoms with Crippen molar-refractivity contribution < 1.29 is 9.53 Å². The third-order valence-corrected chi connectivity index (χ3v) is 2.09. The van der Waals surface area contributed by atoms with Crippen LogP contribution in [0.15, 0.2) is 23.8 Å². The molecule has 0 aliphatic rings. The predicted octanol–water partition coefficient (Wildman–Crippen LogP) is 3.49. The number of carbonyl (C=O) groups excluding carboxylic acids is 1. The van der Waals surface area contributed by atoms with Crippen LogP contribution in [-0.2, 0) is 9.53 Å². The molecule has 0 aliphatic carbocycles. The summed E-state index contributed by atoms with van der Waals surface area (Å²) in [6.45, 7) is 8.34. The molecule has 2 nitrogen and oxygen atoms in total. The van der Waals surface area contributed by atoms with Gasteiger partial charge in [-0.15, -0.1) is 0 Å². The zero-order valence-electron chi connectivity index (χ0n) is 10.2. The second kappa shape index (κ2) is 8.27. The lowest BCUT2D eigenvalue weighted by atomic mass is 10.00. The first-order valence-electron chi connectivity index (χ1n) is 5.53. The van der Waals surface area contributed by atoms with Crippen molar-refractivity contribution in [2.45, 2.75) is 40.5 Å². The Bertz CT molecular complexity index is 235. The van der Waals surface area contributed by atoms with Gasteiger partial charge in [0.15, 0.2) is 0 Å². The minimum absolute atomic E-state index is 0.0314. The van der Waals surface area contributed by atoms with Crippen LogP contribution in [-0.4, -0.2) is 12.6 Å². The highest BCUT2D eigenvalue weighted by Gasteiger charge is 2.16. The minimum Gasteiger partial charge on any atom is -0.466 e. The number of rotatable bonds is 6. The van der Waals surface area contributed by atoms with Crippen LogP contribution in [0.3, 0.4) is 0 Å². The summed E-state index contributed by atoms with van der Waals surface area (Å²) >= 11 is 0. The van der Waals surface area contributed by atoms with Gasteiger partial charge in [-0.05, 0) is 40.5 Å². The lowest BCUT2D eigenvalue weighted by Gasteiger charge is -2.11. The van der Waals surface area contributed by atoms with Crippen LogP contribution in [0.2, 0.25) is 0 Å². The van der Waals surface area contributed by atoms with Gasteiger partial charge in [-0.25, -0.2) is 0 Å². The normalized spacial score (nSPS) is 12.5. The van der Waals surface area contributed by atoms with E-state index in [2.05, 4.69) is 6.08 Å².